The maximum absolute atomic E-state index is 10.6. The smallest absolute Gasteiger partial charge is 0.354 e. The Morgan fingerprint density at radius 2 is 2.38 bits per heavy atom. The van der Waals surface area contributed by atoms with Gasteiger partial charge in [0, 0.05) is 6.54 Å². The Bertz CT molecular complexity index is 351. The first kappa shape index (κ1) is 8.00. The number of hydrogen-bond acceptors (Lipinski definition) is 4. The van der Waals surface area contributed by atoms with Crippen LogP contribution in [0.15, 0.2) is 12.1 Å². The van der Waals surface area contributed by atoms with Gasteiger partial charge in [-0.2, -0.15) is 0 Å². The van der Waals surface area contributed by atoms with Crippen LogP contribution in [0.5, 0.6) is 0 Å². The zero-order valence-electron chi connectivity index (χ0n) is 6.87. The molecule has 0 radical (unpaired) electrons. The van der Waals surface area contributed by atoms with Crippen LogP contribution >= 0.6 is 0 Å². The number of carboxylic acids is 1. The third-order valence-corrected chi connectivity index (χ3v) is 1.89. The zero-order valence-corrected chi connectivity index (χ0v) is 6.87. The zero-order chi connectivity index (χ0) is 9.26. The van der Waals surface area contributed by atoms with Crippen molar-refractivity contribution >= 4 is 11.7 Å². The summed E-state index contributed by atoms with van der Waals surface area (Å²) in [7, 11) is 0. The van der Waals surface area contributed by atoms with Crippen LogP contribution in [0.3, 0.4) is 0 Å². The molecule has 1 aromatic heterocycles. The summed E-state index contributed by atoms with van der Waals surface area (Å²) in [5.74, 6) is -0.992. The third kappa shape index (κ3) is 1.46. The second-order valence-corrected chi connectivity index (χ2v) is 2.78. The van der Waals surface area contributed by atoms with E-state index in [0.717, 1.165) is 11.4 Å². The van der Waals surface area contributed by atoms with E-state index >= 15 is 0 Å². The molecule has 0 aliphatic carbocycles. The largest absolute Gasteiger partial charge is 0.477 e. The van der Waals surface area contributed by atoms with Gasteiger partial charge in [-0.1, -0.05) is 0 Å². The molecule has 2 heterocycles. The van der Waals surface area contributed by atoms with E-state index in [1.54, 1.807) is 6.07 Å². The number of nitrogens with zero attached hydrogens (tertiary/aromatic N) is 1. The number of carbonyl (C=O) groups is 1. The average Bonchev–Trinajstić information content (AvgIpc) is 2.17. The van der Waals surface area contributed by atoms with Gasteiger partial charge in [0.2, 0.25) is 0 Å². The Labute approximate surface area is 74.8 Å². The SMILES string of the molecule is O=C(O)c1ccc2c(n1)CNCN2. The minimum Gasteiger partial charge on any atom is -0.477 e. The molecule has 0 saturated heterocycles. The van der Waals surface area contributed by atoms with Gasteiger partial charge in [-0.15, -0.1) is 0 Å². The maximum Gasteiger partial charge on any atom is 0.354 e. The Morgan fingerprint density at radius 1 is 1.54 bits per heavy atom. The van der Waals surface area contributed by atoms with Gasteiger partial charge in [-0.3, -0.25) is 5.32 Å². The molecule has 2 rings (SSSR count). The molecule has 0 amide bonds. The second kappa shape index (κ2) is 3.02. The van der Waals surface area contributed by atoms with E-state index in [-0.39, 0.29) is 5.69 Å². The highest BCUT2D eigenvalue weighted by Crippen LogP contribution is 2.15. The van der Waals surface area contributed by atoms with E-state index < -0.39 is 5.97 Å². The van der Waals surface area contributed by atoms with E-state index in [1.807, 2.05) is 0 Å². The van der Waals surface area contributed by atoms with Crippen LogP contribution in [0.2, 0.25) is 0 Å². The molecule has 0 saturated carbocycles. The fourth-order valence-corrected chi connectivity index (χ4v) is 1.25. The molecule has 5 nitrogen and oxygen atoms in total. The van der Waals surface area contributed by atoms with Crippen molar-refractivity contribution in [2.45, 2.75) is 6.54 Å². The highest BCUT2D eigenvalue weighted by Gasteiger charge is 2.12. The van der Waals surface area contributed by atoms with Gasteiger partial charge in [0.25, 0.3) is 0 Å². The van der Waals surface area contributed by atoms with Crippen LogP contribution in [0.1, 0.15) is 16.2 Å². The van der Waals surface area contributed by atoms with Gasteiger partial charge >= 0.3 is 5.97 Å². The summed E-state index contributed by atoms with van der Waals surface area (Å²) in [5.41, 5.74) is 1.75. The molecule has 0 atom stereocenters. The Hall–Kier alpha value is -1.62. The normalized spacial score (nSPS) is 14.5. The Kier molecular flexibility index (Phi) is 1.86. The van der Waals surface area contributed by atoms with E-state index in [2.05, 4.69) is 15.6 Å². The molecular formula is C8H9N3O2. The van der Waals surface area contributed by atoms with Gasteiger partial charge in [0.05, 0.1) is 18.1 Å². The average molecular weight is 179 g/mol. The van der Waals surface area contributed by atoms with Crippen molar-refractivity contribution in [1.29, 1.82) is 0 Å². The summed E-state index contributed by atoms with van der Waals surface area (Å²) in [4.78, 5) is 14.6. The molecule has 3 N–H and O–H groups in total. The summed E-state index contributed by atoms with van der Waals surface area (Å²) < 4.78 is 0. The molecule has 0 unspecified atom stereocenters. The summed E-state index contributed by atoms with van der Waals surface area (Å²) in [6.07, 6.45) is 0. The van der Waals surface area contributed by atoms with Crippen molar-refractivity contribution in [1.82, 2.24) is 10.3 Å². The Morgan fingerprint density at radius 3 is 3.15 bits per heavy atom. The van der Waals surface area contributed by atoms with Gasteiger partial charge in [0.15, 0.2) is 0 Å². The fourth-order valence-electron chi connectivity index (χ4n) is 1.25. The monoisotopic (exact) mass is 179 g/mol. The summed E-state index contributed by atoms with van der Waals surface area (Å²) in [5, 5.41) is 14.8. The molecule has 1 aliphatic heterocycles. The third-order valence-electron chi connectivity index (χ3n) is 1.89. The van der Waals surface area contributed by atoms with Gasteiger partial charge < -0.3 is 10.4 Å². The number of fused-ring (bicyclic) bond motifs is 1. The number of aromatic carboxylic acids is 1. The van der Waals surface area contributed by atoms with Crippen LogP contribution < -0.4 is 10.6 Å². The van der Waals surface area contributed by atoms with Crippen LogP contribution in [-0.2, 0) is 6.54 Å². The predicted molar refractivity (Wildman–Crippen MR) is 46.5 cm³/mol. The van der Waals surface area contributed by atoms with Crippen molar-refractivity contribution in [3.63, 3.8) is 0 Å². The number of anilines is 1. The number of aromatic nitrogens is 1. The molecule has 1 aromatic rings. The lowest BCUT2D eigenvalue weighted by Gasteiger charge is -2.17. The maximum atomic E-state index is 10.6. The highest BCUT2D eigenvalue weighted by molar-refractivity contribution is 5.85. The van der Waals surface area contributed by atoms with Crippen molar-refractivity contribution in [3.8, 4) is 0 Å². The second-order valence-electron chi connectivity index (χ2n) is 2.78. The molecule has 1 aliphatic rings. The molecule has 5 heteroatoms. The van der Waals surface area contributed by atoms with Crippen molar-refractivity contribution < 1.29 is 9.90 Å². The lowest BCUT2D eigenvalue weighted by molar-refractivity contribution is 0.0690. The summed E-state index contributed by atoms with van der Waals surface area (Å²) in [6, 6.07) is 3.24. The van der Waals surface area contributed by atoms with E-state index in [0.29, 0.717) is 13.2 Å². The van der Waals surface area contributed by atoms with E-state index in [1.165, 1.54) is 6.07 Å². The summed E-state index contributed by atoms with van der Waals surface area (Å²) >= 11 is 0. The van der Waals surface area contributed by atoms with Crippen LogP contribution in [0, 0.1) is 0 Å². The molecule has 0 bridgehead atoms. The molecular weight excluding hydrogens is 170 g/mol. The number of pyridine rings is 1. The minimum atomic E-state index is -0.992. The fraction of sp³-hybridized carbons (Fsp3) is 0.250. The van der Waals surface area contributed by atoms with Crippen LogP contribution in [0.4, 0.5) is 5.69 Å². The highest BCUT2D eigenvalue weighted by atomic mass is 16.4. The lowest BCUT2D eigenvalue weighted by Crippen LogP contribution is -2.28. The van der Waals surface area contributed by atoms with Crippen molar-refractivity contribution in [3.05, 3.63) is 23.5 Å². The number of nitrogens with one attached hydrogen (secondary N) is 2. The van der Waals surface area contributed by atoms with Crippen molar-refractivity contribution in [2.75, 3.05) is 12.0 Å². The summed E-state index contributed by atoms with van der Waals surface area (Å²) in [6.45, 7) is 1.31. The first-order chi connectivity index (χ1) is 6.27. The lowest BCUT2D eigenvalue weighted by atomic mass is 10.2. The minimum absolute atomic E-state index is 0.0873. The quantitative estimate of drug-likeness (QED) is 0.576. The molecule has 0 aromatic carbocycles. The first-order valence-corrected chi connectivity index (χ1v) is 3.95. The number of carboxylic acid groups (broad SMARTS) is 1. The van der Waals surface area contributed by atoms with E-state index in [9.17, 15) is 4.79 Å². The molecule has 0 spiro atoms. The molecule has 0 fully saturated rings. The molecule has 68 valence electrons. The Balaban J connectivity index is 2.40. The number of hydrogen-bond donors (Lipinski definition) is 3. The van der Waals surface area contributed by atoms with Gasteiger partial charge in [-0.05, 0) is 12.1 Å². The van der Waals surface area contributed by atoms with Crippen molar-refractivity contribution in [2.24, 2.45) is 0 Å². The number of rotatable bonds is 1. The van der Waals surface area contributed by atoms with Crippen LogP contribution in [-0.4, -0.2) is 22.7 Å². The van der Waals surface area contributed by atoms with E-state index in [4.69, 9.17) is 5.11 Å². The standard InChI is InChI=1S/C8H9N3O2/c12-8(13)6-2-1-5-7(11-6)3-9-4-10-5/h1-2,9-10H,3-4H2,(H,12,13). The first-order valence-electron chi connectivity index (χ1n) is 3.95. The predicted octanol–water partition coefficient (Wildman–Crippen LogP) is 0.252. The molecule has 13 heavy (non-hydrogen) atoms. The topological polar surface area (TPSA) is 74.2 Å². The van der Waals surface area contributed by atoms with Crippen LogP contribution in [0.25, 0.3) is 0 Å². The van der Waals surface area contributed by atoms with Gasteiger partial charge in [-0.25, -0.2) is 9.78 Å². The van der Waals surface area contributed by atoms with Gasteiger partial charge in [0.1, 0.15) is 5.69 Å².